The number of carbonyl (C=O) groups is 1. The second-order valence-corrected chi connectivity index (χ2v) is 6.32. The summed E-state index contributed by atoms with van der Waals surface area (Å²) in [6, 6.07) is 0.0717. The maximum Gasteiger partial charge on any atom is 0.238 e. The number of nitrogens with one attached hydrogen (secondary N) is 2. The van der Waals surface area contributed by atoms with E-state index in [1.54, 1.807) is 6.92 Å². The van der Waals surface area contributed by atoms with Crippen molar-refractivity contribution in [2.75, 3.05) is 5.32 Å². The van der Waals surface area contributed by atoms with Crippen molar-refractivity contribution in [3.63, 3.8) is 0 Å². The van der Waals surface area contributed by atoms with E-state index in [1.165, 1.54) is 12.7 Å². The summed E-state index contributed by atoms with van der Waals surface area (Å²) in [4.78, 5) is 27.2. The average molecular weight is 385 g/mol. The van der Waals surface area contributed by atoms with Gasteiger partial charge in [-0.05, 0) is 6.42 Å². The fourth-order valence-electron chi connectivity index (χ4n) is 2.18. The van der Waals surface area contributed by atoms with Crippen LogP contribution in [0.5, 0.6) is 0 Å². The third-order valence-corrected chi connectivity index (χ3v) is 4.83. The second-order valence-electron chi connectivity index (χ2n) is 5.13. The van der Waals surface area contributed by atoms with Gasteiger partial charge in [-0.15, -0.1) is 0 Å². The van der Waals surface area contributed by atoms with Crippen LogP contribution in [0.1, 0.15) is 13.3 Å². The van der Waals surface area contributed by atoms with Gasteiger partial charge in [0, 0.05) is 6.07 Å². The molecule has 2 aromatic heterocycles. The number of amides is 1. The summed E-state index contributed by atoms with van der Waals surface area (Å²) in [5, 5.41) is 1.49. The summed E-state index contributed by atoms with van der Waals surface area (Å²) in [7, 11) is 0. The van der Waals surface area contributed by atoms with Gasteiger partial charge in [-0.3, -0.25) is 4.79 Å². The van der Waals surface area contributed by atoms with E-state index in [0.717, 1.165) is 11.8 Å². The number of halogens is 4. The highest BCUT2D eigenvalue weighted by atomic mass is 32.2. The van der Waals surface area contributed by atoms with E-state index >= 15 is 0 Å². The SMILES string of the molecule is CC[C@@H](Sc1ncnc2nc[nH]c12)C(=O)Nc1c(F)c(F)cc(F)c1F. The van der Waals surface area contributed by atoms with Crippen molar-refractivity contribution < 1.29 is 22.4 Å². The van der Waals surface area contributed by atoms with Crippen molar-refractivity contribution in [1.29, 1.82) is 0 Å². The van der Waals surface area contributed by atoms with Crippen LogP contribution in [0.25, 0.3) is 11.2 Å². The number of hydrogen-bond donors (Lipinski definition) is 2. The van der Waals surface area contributed by atoms with Gasteiger partial charge in [0.05, 0.1) is 11.6 Å². The maximum atomic E-state index is 13.7. The molecule has 0 saturated carbocycles. The van der Waals surface area contributed by atoms with Crippen molar-refractivity contribution in [3.8, 4) is 0 Å². The number of rotatable bonds is 5. The lowest BCUT2D eigenvalue weighted by atomic mass is 10.2. The molecule has 0 bridgehead atoms. The first-order valence-electron chi connectivity index (χ1n) is 7.37. The summed E-state index contributed by atoms with van der Waals surface area (Å²) in [6.07, 6.45) is 2.93. The molecule has 1 atom stereocenters. The fourth-order valence-corrected chi connectivity index (χ4v) is 3.15. The first-order valence-corrected chi connectivity index (χ1v) is 8.25. The number of carbonyl (C=O) groups excluding carboxylic acids is 1. The minimum Gasteiger partial charge on any atom is -0.341 e. The first-order chi connectivity index (χ1) is 12.4. The van der Waals surface area contributed by atoms with Crippen molar-refractivity contribution in [3.05, 3.63) is 42.0 Å². The van der Waals surface area contributed by atoms with Crippen molar-refractivity contribution in [2.24, 2.45) is 0 Å². The van der Waals surface area contributed by atoms with Gasteiger partial charge in [0.1, 0.15) is 22.6 Å². The molecule has 0 spiro atoms. The monoisotopic (exact) mass is 385 g/mol. The third kappa shape index (κ3) is 3.34. The number of nitrogens with zero attached hydrogens (tertiary/aromatic N) is 3. The van der Waals surface area contributed by atoms with Gasteiger partial charge < -0.3 is 10.3 Å². The molecule has 2 N–H and O–H groups in total. The number of aromatic nitrogens is 4. The highest BCUT2D eigenvalue weighted by molar-refractivity contribution is 8.00. The Hall–Kier alpha value is -2.69. The average Bonchev–Trinajstić information content (AvgIpc) is 3.11. The topological polar surface area (TPSA) is 83.6 Å². The van der Waals surface area contributed by atoms with E-state index in [0.29, 0.717) is 16.2 Å². The normalized spacial score (nSPS) is 12.3. The van der Waals surface area contributed by atoms with Crippen LogP contribution in [-0.2, 0) is 4.79 Å². The van der Waals surface area contributed by atoms with Gasteiger partial charge in [-0.25, -0.2) is 32.5 Å². The molecule has 0 radical (unpaired) electrons. The van der Waals surface area contributed by atoms with Crippen LogP contribution in [0, 0.1) is 23.3 Å². The Morgan fingerprint density at radius 2 is 1.88 bits per heavy atom. The Balaban J connectivity index is 1.86. The first kappa shape index (κ1) is 18.1. The number of H-pyrrole nitrogens is 1. The lowest BCUT2D eigenvalue weighted by Crippen LogP contribution is -2.26. The Morgan fingerprint density at radius 3 is 2.54 bits per heavy atom. The zero-order chi connectivity index (χ0) is 18.8. The summed E-state index contributed by atoms with van der Waals surface area (Å²) in [5.74, 6) is -7.37. The summed E-state index contributed by atoms with van der Waals surface area (Å²) >= 11 is 1.00. The minimum absolute atomic E-state index is 0.0717. The van der Waals surface area contributed by atoms with E-state index in [9.17, 15) is 22.4 Å². The van der Waals surface area contributed by atoms with Crippen LogP contribution >= 0.6 is 11.8 Å². The standard InChI is InChI=1S/C15H11F4N5OS/c1-2-8(26-15-12-13(21-4-20-12)22-5-23-15)14(25)24-11-9(18)6(16)3-7(17)10(11)19/h3-5,8H,2H2,1H3,(H,24,25)(H,20,21,22,23)/t8-/m1/s1. The molecule has 0 fully saturated rings. The maximum absolute atomic E-state index is 13.7. The Labute approximate surface area is 148 Å². The molecule has 0 unspecified atom stereocenters. The van der Waals surface area contributed by atoms with Crippen LogP contribution in [-0.4, -0.2) is 31.1 Å². The zero-order valence-corrected chi connectivity index (χ0v) is 14.0. The quantitative estimate of drug-likeness (QED) is 0.304. The van der Waals surface area contributed by atoms with Gasteiger partial charge in [0.15, 0.2) is 28.9 Å². The molecule has 2 heterocycles. The number of aromatic amines is 1. The highest BCUT2D eigenvalue weighted by Crippen LogP contribution is 2.30. The number of anilines is 1. The smallest absolute Gasteiger partial charge is 0.238 e. The van der Waals surface area contributed by atoms with Gasteiger partial charge in [-0.2, -0.15) is 0 Å². The van der Waals surface area contributed by atoms with E-state index < -0.39 is 40.1 Å². The van der Waals surface area contributed by atoms with Crippen molar-refractivity contribution >= 4 is 34.5 Å². The van der Waals surface area contributed by atoms with Crippen LogP contribution in [0.2, 0.25) is 0 Å². The molecule has 6 nitrogen and oxygen atoms in total. The van der Waals surface area contributed by atoms with E-state index in [-0.39, 0.29) is 12.5 Å². The predicted molar refractivity (Wildman–Crippen MR) is 86.5 cm³/mol. The summed E-state index contributed by atoms with van der Waals surface area (Å²) < 4.78 is 54.0. The molecule has 0 saturated heterocycles. The number of fused-ring (bicyclic) bond motifs is 1. The highest BCUT2D eigenvalue weighted by Gasteiger charge is 2.25. The zero-order valence-electron chi connectivity index (χ0n) is 13.2. The van der Waals surface area contributed by atoms with Gasteiger partial charge in [-0.1, -0.05) is 18.7 Å². The largest absolute Gasteiger partial charge is 0.341 e. The van der Waals surface area contributed by atoms with Gasteiger partial charge in [0.25, 0.3) is 0 Å². The number of benzene rings is 1. The molecule has 26 heavy (non-hydrogen) atoms. The Morgan fingerprint density at radius 1 is 1.19 bits per heavy atom. The van der Waals surface area contributed by atoms with Crippen molar-refractivity contribution in [2.45, 2.75) is 23.6 Å². The predicted octanol–water partition coefficient (Wildman–Crippen LogP) is 3.42. The molecule has 0 aliphatic heterocycles. The molecular formula is C15H11F4N5OS. The number of thioether (sulfide) groups is 1. The Bertz CT molecular complexity index is 954. The molecule has 0 aliphatic carbocycles. The molecule has 3 rings (SSSR count). The number of hydrogen-bond acceptors (Lipinski definition) is 5. The molecule has 136 valence electrons. The lowest BCUT2D eigenvalue weighted by molar-refractivity contribution is -0.115. The van der Waals surface area contributed by atoms with Crippen LogP contribution in [0.4, 0.5) is 23.2 Å². The second kappa shape index (κ2) is 7.28. The summed E-state index contributed by atoms with van der Waals surface area (Å²) in [5.41, 5.74) is -0.277. The Kier molecular flexibility index (Phi) is 5.07. The molecule has 0 aliphatic rings. The van der Waals surface area contributed by atoms with Crippen LogP contribution < -0.4 is 5.32 Å². The molecular weight excluding hydrogens is 374 g/mol. The third-order valence-electron chi connectivity index (χ3n) is 3.47. The van der Waals surface area contributed by atoms with E-state index in [4.69, 9.17) is 0 Å². The van der Waals surface area contributed by atoms with Crippen molar-refractivity contribution in [1.82, 2.24) is 19.9 Å². The lowest BCUT2D eigenvalue weighted by Gasteiger charge is -2.15. The van der Waals surface area contributed by atoms with Crippen LogP contribution in [0.15, 0.2) is 23.7 Å². The molecule has 1 aromatic carbocycles. The van der Waals surface area contributed by atoms with Gasteiger partial charge >= 0.3 is 0 Å². The summed E-state index contributed by atoms with van der Waals surface area (Å²) in [6.45, 7) is 1.67. The van der Waals surface area contributed by atoms with E-state index in [1.807, 2.05) is 5.32 Å². The molecule has 3 aromatic rings. The fraction of sp³-hybridized carbons (Fsp3) is 0.200. The van der Waals surface area contributed by atoms with Gasteiger partial charge in [0.2, 0.25) is 5.91 Å². The van der Waals surface area contributed by atoms with E-state index in [2.05, 4.69) is 19.9 Å². The number of imidazole rings is 1. The minimum atomic E-state index is -1.67. The molecule has 11 heteroatoms. The van der Waals surface area contributed by atoms with Crippen LogP contribution in [0.3, 0.4) is 0 Å². The molecule has 1 amide bonds.